The number of hydrogen-bond acceptors (Lipinski definition) is 7. The van der Waals surface area contributed by atoms with Crippen molar-refractivity contribution in [3.63, 3.8) is 0 Å². The molecular formula is C22H26N4O4S2. The number of nitrogens with zero attached hydrogens (tertiary/aromatic N) is 3. The van der Waals surface area contributed by atoms with Gasteiger partial charge in [-0.15, -0.1) is 11.3 Å². The van der Waals surface area contributed by atoms with Crippen LogP contribution in [0.25, 0.3) is 10.2 Å². The molecular weight excluding hydrogens is 448 g/mol. The van der Waals surface area contributed by atoms with E-state index >= 15 is 0 Å². The fourth-order valence-electron chi connectivity index (χ4n) is 3.97. The number of rotatable bonds is 8. The summed E-state index contributed by atoms with van der Waals surface area (Å²) in [5.41, 5.74) is 0.832. The van der Waals surface area contributed by atoms with Crippen molar-refractivity contribution in [2.24, 2.45) is 5.92 Å². The smallest absolute Gasteiger partial charge is 0.242 e. The molecule has 1 saturated heterocycles. The molecule has 1 amide bonds. The van der Waals surface area contributed by atoms with Crippen LogP contribution in [0.5, 0.6) is 0 Å². The molecule has 4 rings (SSSR count). The Morgan fingerprint density at radius 2 is 2.00 bits per heavy atom. The summed E-state index contributed by atoms with van der Waals surface area (Å²) in [5.74, 6) is 0.137. The topological polar surface area (TPSA) is 112 Å². The number of hydrogen-bond donors (Lipinski definition) is 2. The molecule has 2 aromatic heterocycles. The van der Waals surface area contributed by atoms with Gasteiger partial charge in [0.25, 0.3) is 0 Å². The van der Waals surface area contributed by atoms with Crippen molar-refractivity contribution in [2.75, 3.05) is 19.7 Å². The zero-order chi connectivity index (χ0) is 22.6. The molecule has 1 aromatic carbocycles. The Hall–Kier alpha value is -2.40. The number of thiazole rings is 1. The van der Waals surface area contributed by atoms with Crippen molar-refractivity contribution in [3.05, 3.63) is 53.8 Å². The molecule has 170 valence electrons. The number of fused-ring (bicyclic) bond motifs is 1. The summed E-state index contributed by atoms with van der Waals surface area (Å²) in [6, 6.07) is 9.72. The van der Waals surface area contributed by atoms with Crippen LogP contribution in [0.1, 0.15) is 24.3 Å². The van der Waals surface area contributed by atoms with Crippen LogP contribution in [0.3, 0.4) is 0 Å². The molecule has 0 unspecified atom stereocenters. The van der Waals surface area contributed by atoms with Gasteiger partial charge in [0.15, 0.2) is 0 Å². The van der Waals surface area contributed by atoms with Gasteiger partial charge >= 0.3 is 0 Å². The van der Waals surface area contributed by atoms with Gasteiger partial charge in [0.2, 0.25) is 15.9 Å². The molecule has 0 bridgehead atoms. The Morgan fingerprint density at radius 3 is 2.69 bits per heavy atom. The summed E-state index contributed by atoms with van der Waals surface area (Å²) in [7, 11) is -3.93. The Balaban J connectivity index is 1.56. The second-order valence-corrected chi connectivity index (χ2v) is 10.8. The monoisotopic (exact) mass is 474 g/mol. The fraction of sp³-hybridized carbons (Fsp3) is 0.409. The number of likely N-dealkylation sites (tertiary alicyclic amines) is 1. The third-order valence-corrected chi connectivity index (χ3v) is 8.24. The fourth-order valence-corrected chi connectivity index (χ4v) is 6.13. The number of pyridine rings is 1. The highest BCUT2D eigenvalue weighted by Gasteiger charge is 2.32. The number of sulfonamides is 1. The zero-order valence-corrected chi connectivity index (χ0v) is 19.2. The Kier molecular flexibility index (Phi) is 7.14. The van der Waals surface area contributed by atoms with E-state index in [1.807, 2.05) is 24.3 Å². The second kappa shape index (κ2) is 10.0. The highest BCUT2D eigenvalue weighted by molar-refractivity contribution is 7.89. The molecule has 10 heteroatoms. The minimum atomic E-state index is -3.93. The minimum absolute atomic E-state index is 0.0174. The van der Waals surface area contributed by atoms with Crippen LogP contribution in [0.15, 0.2) is 53.7 Å². The average molecular weight is 475 g/mol. The molecule has 0 saturated carbocycles. The first-order valence-corrected chi connectivity index (χ1v) is 12.9. The van der Waals surface area contributed by atoms with Crippen LogP contribution in [-0.4, -0.2) is 60.0 Å². The summed E-state index contributed by atoms with van der Waals surface area (Å²) in [6.07, 6.45) is 5.27. The lowest BCUT2D eigenvalue weighted by Gasteiger charge is -2.34. The summed E-state index contributed by atoms with van der Waals surface area (Å²) in [4.78, 5) is 23.6. The van der Waals surface area contributed by atoms with Gasteiger partial charge < -0.3 is 10.0 Å². The number of amides is 1. The normalized spacial score (nSPS) is 16.3. The van der Waals surface area contributed by atoms with Gasteiger partial charge in [0, 0.05) is 38.5 Å². The molecule has 1 fully saturated rings. The predicted octanol–water partition coefficient (Wildman–Crippen LogP) is 2.20. The van der Waals surface area contributed by atoms with E-state index in [0.29, 0.717) is 24.0 Å². The molecule has 3 heterocycles. The quantitative estimate of drug-likeness (QED) is 0.518. The second-order valence-electron chi connectivity index (χ2n) is 7.92. The maximum atomic E-state index is 13.4. The lowest BCUT2D eigenvalue weighted by molar-refractivity contribution is -0.134. The van der Waals surface area contributed by atoms with Gasteiger partial charge in [-0.1, -0.05) is 12.1 Å². The predicted molar refractivity (Wildman–Crippen MR) is 123 cm³/mol. The van der Waals surface area contributed by atoms with Crippen molar-refractivity contribution >= 4 is 37.5 Å². The van der Waals surface area contributed by atoms with Gasteiger partial charge in [-0.25, -0.2) is 13.4 Å². The van der Waals surface area contributed by atoms with E-state index < -0.39 is 16.1 Å². The SMILES string of the molecule is O=C([C@H](Cc1nc2ccccc2s1)NS(=O)(=O)c1cccnc1)N1CCC(CCO)CC1. The Labute approximate surface area is 191 Å². The van der Waals surface area contributed by atoms with E-state index in [4.69, 9.17) is 0 Å². The third kappa shape index (κ3) is 5.32. The van der Waals surface area contributed by atoms with Crippen molar-refractivity contribution in [3.8, 4) is 0 Å². The summed E-state index contributed by atoms with van der Waals surface area (Å²) >= 11 is 1.46. The van der Waals surface area contributed by atoms with Gasteiger partial charge in [0.05, 0.1) is 15.2 Å². The van der Waals surface area contributed by atoms with E-state index in [1.165, 1.54) is 29.8 Å². The van der Waals surface area contributed by atoms with Gasteiger partial charge in [-0.3, -0.25) is 9.78 Å². The largest absolute Gasteiger partial charge is 0.396 e. The molecule has 1 atom stereocenters. The highest BCUT2D eigenvalue weighted by Crippen LogP contribution is 2.25. The van der Waals surface area contributed by atoms with E-state index in [2.05, 4.69) is 14.7 Å². The minimum Gasteiger partial charge on any atom is -0.396 e. The lowest BCUT2D eigenvalue weighted by atomic mass is 9.93. The standard InChI is InChI=1S/C22H26N4O4S2/c27-13-9-16-7-11-26(12-8-16)22(28)19(25-32(29,30)17-4-3-10-23-15-17)14-21-24-18-5-1-2-6-20(18)31-21/h1-6,10,15-16,19,25,27H,7-9,11-14H2/t19-/m0/s1. The first kappa shape index (κ1) is 22.8. The molecule has 1 aliphatic heterocycles. The number of carbonyl (C=O) groups is 1. The number of aliphatic hydroxyl groups excluding tert-OH is 1. The van der Waals surface area contributed by atoms with E-state index in [-0.39, 0.29) is 23.8 Å². The highest BCUT2D eigenvalue weighted by atomic mass is 32.2. The molecule has 1 aliphatic rings. The number of aromatic nitrogens is 2. The van der Waals surface area contributed by atoms with E-state index in [9.17, 15) is 18.3 Å². The van der Waals surface area contributed by atoms with Crippen LogP contribution in [0.2, 0.25) is 0 Å². The molecule has 0 aliphatic carbocycles. The van der Waals surface area contributed by atoms with Gasteiger partial charge in [-0.2, -0.15) is 4.72 Å². The first-order chi connectivity index (χ1) is 15.5. The van der Waals surface area contributed by atoms with E-state index in [1.54, 1.807) is 11.0 Å². The first-order valence-electron chi connectivity index (χ1n) is 10.6. The summed E-state index contributed by atoms with van der Waals surface area (Å²) in [5, 5.41) is 9.88. The molecule has 3 aromatic rings. The number of carbonyl (C=O) groups excluding carboxylic acids is 1. The maximum absolute atomic E-state index is 13.4. The number of aliphatic hydroxyl groups is 1. The molecule has 0 radical (unpaired) electrons. The number of benzene rings is 1. The van der Waals surface area contributed by atoms with Crippen molar-refractivity contribution in [1.29, 1.82) is 0 Å². The Morgan fingerprint density at radius 1 is 1.22 bits per heavy atom. The van der Waals surface area contributed by atoms with Crippen LogP contribution in [0.4, 0.5) is 0 Å². The van der Waals surface area contributed by atoms with Gasteiger partial charge in [-0.05, 0) is 49.4 Å². The maximum Gasteiger partial charge on any atom is 0.242 e. The van der Waals surface area contributed by atoms with Crippen molar-refractivity contribution in [1.82, 2.24) is 19.6 Å². The third-order valence-electron chi connectivity index (χ3n) is 5.72. The molecule has 8 nitrogen and oxygen atoms in total. The van der Waals surface area contributed by atoms with E-state index in [0.717, 1.165) is 29.5 Å². The van der Waals surface area contributed by atoms with Crippen LogP contribution < -0.4 is 4.72 Å². The molecule has 32 heavy (non-hydrogen) atoms. The van der Waals surface area contributed by atoms with Gasteiger partial charge in [0.1, 0.15) is 10.9 Å². The van der Waals surface area contributed by atoms with Crippen LogP contribution >= 0.6 is 11.3 Å². The van der Waals surface area contributed by atoms with Crippen molar-refractivity contribution < 1.29 is 18.3 Å². The Bertz CT molecular complexity index is 1130. The number of piperidine rings is 1. The lowest BCUT2D eigenvalue weighted by Crippen LogP contribution is -2.51. The summed E-state index contributed by atoms with van der Waals surface area (Å²) in [6.45, 7) is 1.24. The molecule has 0 spiro atoms. The van der Waals surface area contributed by atoms with Crippen LogP contribution in [0, 0.1) is 5.92 Å². The summed E-state index contributed by atoms with van der Waals surface area (Å²) < 4.78 is 29.5. The molecule has 2 N–H and O–H groups in total. The number of para-hydroxylation sites is 1. The average Bonchev–Trinajstić information content (AvgIpc) is 3.22. The van der Waals surface area contributed by atoms with Crippen LogP contribution in [-0.2, 0) is 21.2 Å². The number of nitrogens with one attached hydrogen (secondary N) is 1. The zero-order valence-electron chi connectivity index (χ0n) is 17.6. The van der Waals surface area contributed by atoms with Crippen molar-refractivity contribution in [2.45, 2.75) is 36.6 Å².